The summed E-state index contributed by atoms with van der Waals surface area (Å²) >= 11 is 0. The van der Waals surface area contributed by atoms with Gasteiger partial charge in [0, 0.05) is 42.4 Å². The molecule has 6 atom stereocenters. The summed E-state index contributed by atoms with van der Waals surface area (Å²) in [7, 11) is -0.571. The van der Waals surface area contributed by atoms with Crippen molar-refractivity contribution in [3.63, 3.8) is 0 Å². The monoisotopic (exact) mass is 639 g/mol. The van der Waals surface area contributed by atoms with Gasteiger partial charge < -0.3 is 33.5 Å². The molecule has 0 unspecified atom stereocenters. The molecule has 1 aliphatic heterocycles. The molecule has 0 radical (unpaired) electrons. The lowest BCUT2D eigenvalue weighted by Crippen LogP contribution is -2.70. The maximum atomic E-state index is 13.4. The summed E-state index contributed by atoms with van der Waals surface area (Å²) in [6, 6.07) is 8.28. The first-order valence-electron chi connectivity index (χ1n) is 14.4. The van der Waals surface area contributed by atoms with Crippen LogP contribution in [0.2, 0.25) is 25.7 Å². The molecule has 1 N–H and O–H groups in total. The predicted molar refractivity (Wildman–Crippen MR) is 159 cm³/mol. The van der Waals surface area contributed by atoms with Crippen molar-refractivity contribution in [3.8, 4) is 0 Å². The van der Waals surface area contributed by atoms with Crippen molar-refractivity contribution < 1.29 is 57.5 Å². The van der Waals surface area contributed by atoms with Crippen LogP contribution in [0.1, 0.15) is 39.7 Å². The van der Waals surface area contributed by atoms with E-state index in [2.05, 4.69) is 19.6 Å². The smallest absolute Gasteiger partial charge is 0.366 e. The number of aliphatic hydroxyl groups is 1. The number of rotatable bonds is 14. The van der Waals surface area contributed by atoms with Gasteiger partial charge in [-0.05, 0) is 11.6 Å². The lowest BCUT2D eigenvalue weighted by Gasteiger charge is -2.50. The van der Waals surface area contributed by atoms with Crippen molar-refractivity contribution in [2.24, 2.45) is 0 Å². The van der Waals surface area contributed by atoms with Crippen LogP contribution >= 0.6 is 0 Å². The predicted octanol–water partition coefficient (Wildman–Crippen LogP) is 2.20. The van der Waals surface area contributed by atoms with E-state index in [1.807, 2.05) is 30.3 Å². The summed E-state index contributed by atoms with van der Waals surface area (Å²) in [5.74, 6) is -6.30. The van der Waals surface area contributed by atoms with Crippen molar-refractivity contribution in [1.82, 2.24) is 4.90 Å². The van der Waals surface area contributed by atoms with Gasteiger partial charge in [0.25, 0.3) is 5.79 Å². The third-order valence-electron chi connectivity index (χ3n) is 6.90. The Morgan fingerprint density at radius 1 is 1.02 bits per heavy atom. The van der Waals surface area contributed by atoms with Crippen LogP contribution in [-0.4, -0.2) is 104 Å². The van der Waals surface area contributed by atoms with Crippen molar-refractivity contribution >= 4 is 37.8 Å². The minimum Gasteiger partial charge on any atom is -0.465 e. The van der Waals surface area contributed by atoms with E-state index in [0.29, 0.717) is 6.04 Å². The fourth-order valence-corrected chi connectivity index (χ4v) is 5.67. The van der Waals surface area contributed by atoms with Gasteiger partial charge in [-0.15, -0.1) is 0 Å². The third-order valence-corrected chi connectivity index (χ3v) is 8.60. The van der Waals surface area contributed by atoms with E-state index in [-0.39, 0.29) is 19.8 Å². The van der Waals surface area contributed by atoms with Gasteiger partial charge in [0.2, 0.25) is 11.8 Å². The van der Waals surface area contributed by atoms with Crippen LogP contribution in [0.25, 0.3) is 0 Å². The standard InChI is InChI=1S/C30H45NO12Si/c1-19(32)31(20(2)33)26-25(41-21(3)34)16-30(29(37)38-5,40-14-15-44(6,7)8)43-28(26)27(42-22(4)35)24(36)18-39-17-23-12-10-9-11-13-23/h9-13,24-28,36H,14-18H2,1-8H3/t24-,25+,26-,27-,28-,30-/m1/s1. The van der Waals surface area contributed by atoms with Gasteiger partial charge in [-0.3, -0.25) is 24.1 Å². The Labute approximate surface area is 259 Å². The normalized spacial score (nSPS) is 23.2. The summed E-state index contributed by atoms with van der Waals surface area (Å²) in [5, 5.41) is 11.4. The molecule has 0 spiro atoms. The highest BCUT2D eigenvalue weighted by Crippen LogP contribution is 2.39. The zero-order valence-electron chi connectivity index (χ0n) is 26.7. The summed E-state index contributed by atoms with van der Waals surface area (Å²) in [6.07, 6.45) is -6.70. The number of hydrogen-bond acceptors (Lipinski definition) is 12. The minimum absolute atomic E-state index is 0.0547. The molecule has 1 aromatic rings. The zero-order valence-corrected chi connectivity index (χ0v) is 27.7. The van der Waals surface area contributed by atoms with Gasteiger partial charge in [-0.1, -0.05) is 50.0 Å². The number of imide groups is 1. The van der Waals surface area contributed by atoms with Crippen molar-refractivity contribution in [1.29, 1.82) is 0 Å². The second-order valence-corrected chi connectivity index (χ2v) is 17.5. The average molecular weight is 640 g/mol. The number of benzene rings is 1. The quantitative estimate of drug-likeness (QED) is 0.180. The van der Waals surface area contributed by atoms with Crippen LogP contribution in [0.5, 0.6) is 0 Å². The Kier molecular flexibility index (Phi) is 13.7. The lowest BCUT2D eigenvalue weighted by molar-refractivity contribution is -0.319. The van der Waals surface area contributed by atoms with Gasteiger partial charge in [0.1, 0.15) is 24.4 Å². The number of esters is 3. The van der Waals surface area contributed by atoms with Crippen LogP contribution in [0.15, 0.2) is 30.3 Å². The summed E-state index contributed by atoms with van der Waals surface area (Å²) in [5.41, 5.74) is 0.810. The fraction of sp³-hybridized carbons (Fsp3) is 0.633. The topological polar surface area (TPSA) is 164 Å². The number of methoxy groups -OCH3 is 1. The highest BCUT2D eigenvalue weighted by atomic mass is 28.3. The zero-order chi connectivity index (χ0) is 33.2. The highest BCUT2D eigenvalue weighted by molar-refractivity contribution is 6.76. The second kappa shape index (κ2) is 16.2. The molecule has 1 fully saturated rings. The average Bonchev–Trinajstić information content (AvgIpc) is 2.91. The molecule has 0 bridgehead atoms. The number of hydrogen-bond donors (Lipinski definition) is 1. The molecular formula is C30H45NO12Si. The minimum atomic E-state index is -2.21. The van der Waals surface area contributed by atoms with Crippen LogP contribution in [0.3, 0.4) is 0 Å². The Morgan fingerprint density at radius 3 is 2.14 bits per heavy atom. The molecule has 13 nitrogen and oxygen atoms in total. The first-order valence-corrected chi connectivity index (χ1v) is 18.1. The molecule has 0 saturated carbocycles. The van der Waals surface area contributed by atoms with Gasteiger partial charge in [-0.2, -0.15) is 0 Å². The van der Waals surface area contributed by atoms with Crippen LogP contribution in [0, 0.1) is 0 Å². The van der Waals surface area contributed by atoms with Crippen LogP contribution in [-0.2, 0) is 59.0 Å². The Morgan fingerprint density at radius 2 is 1.64 bits per heavy atom. The Hall–Kier alpha value is -3.17. The van der Waals surface area contributed by atoms with E-state index in [1.54, 1.807) is 0 Å². The largest absolute Gasteiger partial charge is 0.465 e. The number of amides is 2. The number of carbonyl (C=O) groups is 5. The van der Waals surface area contributed by atoms with Crippen molar-refractivity contribution in [3.05, 3.63) is 35.9 Å². The van der Waals surface area contributed by atoms with E-state index in [0.717, 1.165) is 45.3 Å². The number of carbonyl (C=O) groups excluding carboxylic acids is 5. The first-order chi connectivity index (χ1) is 20.5. The number of nitrogens with zero attached hydrogens (tertiary/aromatic N) is 1. The molecule has 246 valence electrons. The van der Waals surface area contributed by atoms with E-state index in [1.165, 1.54) is 0 Å². The fourth-order valence-electron chi connectivity index (χ4n) is 4.96. The SMILES string of the molecule is COC(=O)[C@@]1(OCC[Si](C)(C)C)C[C@H](OC(C)=O)[C@@H](N(C(C)=O)C(C)=O)[C@H]([C@H](OC(C)=O)[C@H](O)COCc2ccccc2)O1. The van der Waals surface area contributed by atoms with E-state index < -0.39 is 80.5 Å². The summed E-state index contributed by atoms with van der Waals surface area (Å²) < 4.78 is 34.2. The molecule has 1 heterocycles. The molecule has 0 aromatic heterocycles. The Balaban J connectivity index is 2.66. The molecule has 1 aliphatic rings. The summed E-state index contributed by atoms with van der Waals surface area (Å²) in [6.45, 7) is 10.5. The maximum absolute atomic E-state index is 13.4. The van der Waals surface area contributed by atoms with Crippen LogP contribution < -0.4 is 0 Å². The van der Waals surface area contributed by atoms with Crippen molar-refractivity contribution in [2.45, 2.75) is 103 Å². The van der Waals surface area contributed by atoms with E-state index in [4.69, 9.17) is 28.4 Å². The van der Waals surface area contributed by atoms with Crippen LogP contribution in [0.4, 0.5) is 0 Å². The lowest BCUT2D eigenvalue weighted by atomic mass is 9.86. The number of ether oxygens (including phenoxy) is 6. The van der Waals surface area contributed by atoms with Gasteiger partial charge in [-0.25, -0.2) is 4.79 Å². The molecule has 44 heavy (non-hydrogen) atoms. The molecule has 1 saturated heterocycles. The van der Waals surface area contributed by atoms with Gasteiger partial charge in [0.05, 0.1) is 26.7 Å². The molecule has 1 aromatic carbocycles. The third kappa shape index (κ3) is 10.5. The molecule has 2 rings (SSSR count). The second-order valence-electron chi connectivity index (χ2n) is 11.9. The molecule has 0 aliphatic carbocycles. The number of aliphatic hydroxyl groups excluding tert-OH is 1. The molecule has 14 heteroatoms. The highest BCUT2D eigenvalue weighted by Gasteiger charge is 2.60. The molecule has 2 amide bonds. The Bertz CT molecular complexity index is 1140. The van der Waals surface area contributed by atoms with Gasteiger partial charge in [0.15, 0.2) is 6.10 Å². The van der Waals surface area contributed by atoms with Crippen molar-refractivity contribution in [2.75, 3.05) is 20.3 Å². The maximum Gasteiger partial charge on any atom is 0.366 e. The van der Waals surface area contributed by atoms with Gasteiger partial charge >= 0.3 is 17.9 Å². The summed E-state index contributed by atoms with van der Waals surface area (Å²) in [4.78, 5) is 64.5. The van der Waals surface area contributed by atoms with E-state index >= 15 is 0 Å². The first kappa shape index (κ1) is 37.0. The van der Waals surface area contributed by atoms with E-state index in [9.17, 15) is 29.1 Å². The molecular weight excluding hydrogens is 594 g/mol.